The number of fused-ring (bicyclic) bond motifs is 1. The van der Waals surface area contributed by atoms with Gasteiger partial charge in [-0.3, -0.25) is 4.79 Å². The zero-order valence-electron chi connectivity index (χ0n) is 14.6. The molecule has 0 aromatic heterocycles. The summed E-state index contributed by atoms with van der Waals surface area (Å²) in [5, 5.41) is 9.20. The van der Waals surface area contributed by atoms with E-state index in [-0.39, 0.29) is 12.2 Å². The third kappa shape index (κ3) is 3.27. The van der Waals surface area contributed by atoms with Crippen molar-refractivity contribution in [2.45, 2.75) is 33.1 Å². The Morgan fingerprint density at radius 1 is 1.16 bits per heavy atom. The Morgan fingerprint density at radius 3 is 2.44 bits per heavy atom. The molecule has 3 heteroatoms. The molecule has 0 radical (unpaired) electrons. The lowest BCUT2D eigenvalue weighted by atomic mass is 9.98. The molecule has 0 saturated heterocycles. The first-order valence-corrected chi connectivity index (χ1v) is 8.41. The van der Waals surface area contributed by atoms with E-state index < -0.39 is 5.97 Å². The summed E-state index contributed by atoms with van der Waals surface area (Å²) < 4.78 is 14.5. The van der Waals surface area contributed by atoms with Crippen molar-refractivity contribution >= 4 is 23.2 Å². The number of carboxylic acids is 1. The van der Waals surface area contributed by atoms with Gasteiger partial charge in [-0.25, -0.2) is 4.39 Å². The molecule has 0 unspecified atom stereocenters. The van der Waals surface area contributed by atoms with Crippen LogP contribution < -0.4 is 0 Å². The van der Waals surface area contributed by atoms with Gasteiger partial charge < -0.3 is 5.11 Å². The molecule has 128 valence electrons. The molecule has 0 spiro atoms. The van der Waals surface area contributed by atoms with Crippen molar-refractivity contribution in [2.24, 2.45) is 0 Å². The topological polar surface area (TPSA) is 37.3 Å². The van der Waals surface area contributed by atoms with Gasteiger partial charge in [0.25, 0.3) is 0 Å². The van der Waals surface area contributed by atoms with E-state index in [1.165, 1.54) is 11.6 Å². The Labute approximate surface area is 147 Å². The van der Waals surface area contributed by atoms with Crippen molar-refractivity contribution < 1.29 is 14.3 Å². The van der Waals surface area contributed by atoms with Gasteiger partial charge in [0.2, 0.25) is 0 Å². The zero-order chi connectivity index (χ0) is 18.1. The van der Waals surface area contributed by atoms with Crippen molar-refractivity contribution in [1.82, 2.24) is 0 Å². The van der Waals surface area contributed by atoms with Crippen LogP contribution in [0, 0.1) is 5.82 Å². The van der Waals surface area contributed by atoms with E-state index in [9.17, 15) is 14.3 Å². The van der Waals surface area contributed by atoms with Crippen molar-refractivity contribution in [3.63, 3.8) is 0 Å². The molecule has 0 bridgehead atoms. The summed E-state index contributed by atoms with van der Waals surface area (Å²) in [7, 11) is 0. The predicted octanol–water partition coefficient (Wildman–Crippen LogP) is 5.75. The SMILES string of the molecule is CC1=C(CC(=O)O)c2cccc(F)c2/C1=C\c1ccc(C(C)C)cc1. The highest BCUT2D eigenvalue weighted by Crippen LogP contribution is 2.44. The Bertz CT molecular complexity index is 887. The molecule has 1 aliphatic rings. The van der Waals surface area contributed by atoms with Gasteiger partial charge in [0, 0.05) is 5.56 Å². The Kier molecular flexibility index (Phi) is 4.58. The summed E-state index contributed by atoms with van der Waals surface area (Å²) in [6.45, 7) is 6.15. The molecule has 25 heavy (non-hydrogen) atoms. The number of benzene rings is 2. The van der Waals surface area contributed by atoms with Crippen LogP contribution in [0.15, 0.2) is 48.0 Å². The average Bonchev–Trinajstić information content (AvgIpc) is 2.82. The van der Waals surface area contributed by atoms with Gasteiger partial charge in [-0.1, -0.05) is 50.2 Å². The van der Waals surface area contributed by atoms with Crippen molar-refractivity contribution in [2.75, 3.05) is 0 Å². The number of hydrogen-bond acceptors (Lipinski definition) is 1. The zero-order valence-corrected chi connectivity index (χ0v) is 14.6. The van der Waals surface area contributed by atoms with Crippen molar-refractivity contribution in [3.8, 4) is 0 Å². The van der Waals surface area contributed by atoms with Crippen LogP contribution in [0.1, 0.15) is 55.4 Å². The van der Waals surface area contributed by atoms with Crippen LogP contribution in [0.2, 0.25) is 0 Å². The normalized spacial score (nSPS) is 15.2. The lowest BCUT2D eigenvalue weighted by Crippen LogP contribution is -1.97. The predicted molar refractivity (Wildman–Crippen MR) is 99.6 cm³/mol. The fourth-order valence-corrected chi connectivity index (χ4v) is 3.30. The van der Waals surface area contributed by atoms with Gasteiger partial charge in [-0.2, -0.15) is 0 Å². The summed E-state index contributed by atoms with van der Waals surface area (Å²) in [4.78, 5) is 11.2. The molecule has 1 aliphatic carbocycles. The average molecular weight is 336 g/mol. The van der Waals surface area contributed by atoms with Crippen LogP contribution in [0.5, 0.6) is 0 Å². The van der Waals surface area contributed by atoms with E-state index in [2.05, 4.69) is 26.0 Å². The number of allylic oxidation sites excluding steroid dienone is 2. The molecule has 1 N–H and O–H groups in total. The largest absolute Gasteiger partial charge is 0.481 e. The van der Waals surface area contributed by atoms with Crippen molar-refractivity contribution in [3.05, 3.63) is 76.1 Å². The summed E-state index contributed by atoms with van der Waals surface area (Å²) in [6, 6.07) is 13.0. The molecular weight excluding hydrogens is 315 g/mol. The van der Waals surface area contributed by atoms with E-state index in [1.807, 2.05) is 25.1 Å². The molecule has 2 aromatic rings. The quantitative estimate of drug-likeness (QED) is 0.771. The highest BCUT2D eigenvalue weighted by molar-refractivity contribution is 6.07. The molecule has 0 atom stereocenters. The minimum absolute atomic E-state index is 0.105. The third-order valence-electron chi connectivity index (χ3n) is 4.71. The smallest absolute Gasteiger partial charge is 0.307 e. The molecular formula is C22H21FO2. The van der Waals surface area contributed by atoms with Crippen LogP contribution >= 0.6 is 0 Å². The number of carbonyl (C=O) groups is 1. The van der Waals surface area contributed by atoms with Gasteiger partial charge in [0.05, 0.1) is 6.42 Å². The first kappa shape index (κ1) is 17.2. The van der Waals surface area contributed by atoms with Gasteiger partial charge in [0.1, 0.15) is 5.82 Å². The Morgan fingerprint density at radius 2 is 1.84 bits per heavy atom. The maximum Gasteiger partial charge on any atom is 0.307 e. The van der Waals surface area contributed by atoms with Gasteiger partial charge in [0.15, 0.2) is 0 Å². The molecule has 2 nitrogen and oxygen atoms in total. The second-order valence-electron chi connectivity index (χ2n) is 6.72. The van der Waals surface area contributed by atoms with E-state index >= 15 is 0 Å². The summed E-state index contributed by atoms with van der Waals surface area (Å²) >= 11 is 0. The van der Waals surface area contributed by atoms with Crippen LogP contribution in [0.3, 0.4) is 0 Å². The van der Waals surface area contributed by atoms with Gasteiger partial charge in [-0.05, 0) is 58.4 Å². The van der Waals surface area contributed by atoms with Gasteiger partial charge >= 0.3 is 5.97 Å². The lowest BCUT2D eigenvalue weighted by molar-refractivity contribution is -0.135. The number of aliphatic carboxylic acids is 1. The van der Waals surface area contributed by atoms with Crippen LogP contribution in [0.4, 0.5) is 4.39 Å². The molecule has 0 saturated carbocycles. The fourth-order valence-electron chi connectivity index (χ4n) is 3.30. The summed E-state index contributed by atoms with van der Waals surface area (Å²) in [5.74, 6) is -0.774. The summed E-state index contributed by atoms with van der Waals surface area (Å²) in [5.41, 5.74) is 5.70. The number of carboxylic acid groups (broad SMARTS) is 1. The minimum Gasteiger partial charge on any atom is -0.481 e. The van der Waals surface area contributed by atoms with E-state index in [1.54, 1.807) is 12.1 Å². The van der Waals surface area contributed by atoms with Crippen LogP contribution in [0.25, 0.3) is 17.2 Å². The first-order chi connectivity index (χ1) is 11.9. The molecule has 0 fully saturated rings. The van der Waals surface area contributed by atoms with Crippen LogP contribution in [-0.4, -0.2) is 11.1 Å². The Balaban J connectivity index is 2.11. The maximum atomic E-state index is 14.5. The molecule has 0 amide bonds. The minimum atomic E-state index is -0.910. The van der Waals surface area contributed by atoms with Crippen LogP contribution in [-0.2, 0) is 4.79 Å². The van der Waals surface area contributed by atoms with Crippen molar-refractivity contribution in [1.29, 1.82) is 0 Å². The first-order valence-electron chi connectivity index (χ1n) is 8.41. The Hall–Kier alpha value is -2.68. The second-order valence-corrected chi connectivity index (χ2v) is 6.72. The highest BCUT2D eigenvalue weighted by Gasteiger charge is 2.27. The van der Waals surface area contributed by atoms with E-state index in [4.69, 9.17) is 0 Å². The number of rotatable bonds is 4. The lowest BCUT2D eigenvalue weighted by Gasteiger charge is -2.08. The second kappa shape index (κ2) is 6.67. The monoisotopic (exact) mass is 336 g/mol. The molecule has 0 heterocycles. The van der Waals surface area contributed by atoms with Gasteiger partial charge in [-0.15, -0.1) is 0 Å². The van der Waals surface area contributed by atoms with E-state index in [0.717, 1.165) is 16.7 Å². The third-order valence-corrected chi connectivity index (χ3v) is 4.71. The summed E-state index contributed by atoms with van der Waals surface area (Å²) in [6.07, 6.45) is 1.84. The highest BCUT2D eigenvalue weighted by atomic mass is 19.1. The number of hydrogen-bond donors (Lipinski definition) is 1. The standard InChI is InChI=1S/C22H21FO2/c1-13(2)16-9-7-15(8-10-16)11-19-14(3)18(12-21(24)25)17-5-4-6-20(23)22(17)19/h4-11,13H,12H2,1-3H3,(H,24,25)/b19-11-. The molecule has 0 aliphatic heterocycles. The fraction of sp³-hybridized carbons (Fsp3) is 0.227. The number of halogens is 1. The maximum absolute atomic E-state index is 14.5. The molecule has 3 rings (SSSR count). The molecule has 2 aromatic carbocycles. The van der Waals surface area contributed by atoms with E-state index in [0.29, 0.717) is 22.6 Å².